The number of carbonyl (C=O) groups is 2. The van der Waals surface area contributed by atoms with E-state index in [9.17, 15) is 9.59 Å². The molecular weight excluding hydrogens is 356 g/mol. The molecule has 0 saturated heterocycles. The molecule has 0 heterocycles. The summed E-state index contributed by atoms with van der Waals surface area (Å²) in [7, 11) is 0. The predicted octanol–water partition coefficient (Wildman–Crippen LogP) is 4.46. The molecule has 0 aromatic rings. The van der Waals surface area contributed by atoms with Gasteiger partial charge in [0.1, 0.15) is 5.76 Å². The molecule has 1 rings (SSSR count). The largest absolute Gasteiger partial charge is 0.431 e. The monoisotopic (exact) mass is 376 g/mol. The number of hydrogen-bond donors (Lipinski definition) is 0. The summed E-state index contributed by atoms with van der Waals surface area (Å²) >= 11 is 3.32. The molecule has 1 aliphatic rings. The van der Waals surface area contributed by atoms with Crippen LogP contribution in [0, 0.1) is 24.2 Å². The van der Waals surface area contributed by atoms with Crippen molar-refractivity contribution in [1.82, 2.24) is 0 Å². The first-order chi connectivity index (χ1) is 10.7. The third-order valence-electron chi connectivity index (χ3n) is 3.69. The summed E-state index contributed by atoms with van der Waals surface area (Å²) in [4.78, 5) is 23.3. The van der Waals surface area contributed by atoms with Gasteiger partial charge in [0, 0.05) is 30.3 Å². The van der Waals surface area contributed by atoms with Gasteiger partial charge < -0.3 is 4.74 Å². The van der Waals surface area contributed by atoms with Crippen molar-refractivity contribution in [2.75, 3.05) is 0 Å². The highest BCUT2D eigenvalue weighted by Crippen LogP contribution is 2.35. The van der Waals surface area contributed by atoms with E-state index in [2.05, 4.69) is 28.4 Å². The molecule has 0 saturated carbocycles. The molecule has 0 fully saturated rings. The first-order valence-electron chi connectivity index (χ1n) is 7.32. The van der Waals surface area contributed by atoms with Crippen molar-refractivity contribution in [3.05, 3.63) is 46.2 Å². The SMILES string of the molecule is C#C/C=C(Br)\C=C(/C[C@@H]1C=C(C)C(=O)C[C@H]1C(=C)C)OC(C)=O. The fourth-order valence-corrected chi connectivity index (χ4v) is 2.99. The Kier molecular flexibility index (Phi) is 7.25. The van der Waals surface area contributed by atoms with E-state index in [4.69, 9.17) is 11.2 Å². The minimum Gasteiger partial charge on any atom is -0.431 e. The molecule has 1 aliphatic carbocycles. The van der Waals surface area contributed by atoms with Crippen molar-refractivity contribution in [1.29, 1.82) is 0 Å². The second kappa shape index (κ2) is 8.69. The maximum absolute atomic E-state index is 11.9. The Morgan fingerprint density at radius 3 is 2.74 bits per heavy atom. The number of Topliss-reactive ketones (excluding diaryl/α,β-unsaturated/α-hetero) is 1. The lowest BCUT2D eigenvalue weighted by Gasteiger charge is -2.29. The van der Waals surface area contributed by atoms with E-state index in [1.54, 1.807) is 6.08 Å². The highest BCUT2D eigenvalue weighted by Gasteiger charge is 2.30. The first kappa shape index (κ1) is 19.2. The Labute approximate surface area is 146 Å². The number of allylic oxidation sites excluding steroid dienone is 7. The van der Waals surface area contributed by atoms with E-state index >= 15 is 0 Å². The van der Waals surface area contributed by atoms with Crippen LogP contribution >= 0.6 is 15.9 Å². The molecule has 0 bridgehead atoms. The van der Waals surface area contributed by atoms with Crippen LogP contribution in [0.2, 0.25) is 0 Å². The molecule has 0 aliphatic heterocycles. The number of ether oxygens (including phenoxy) is 1. The van der Waals surface area contributed by atoms with Gasteiger partial charge in [0.2, 0.25) is 0 Å². The van der Waals surface area contributed by atoms with Crippen LogP contribution in [0.5, 0.6) is 0 Å². The Bertz CT molecular complexity index is 644. The van der Waals surface area contributed by atoms with E-state index in [1.807, 2.05) is 19.9 Å². The molecule has 0 unspecified atom stereocenters. The topological polar surface area (TPSA) is 43.4 Å². The highest BCUT2D eigenvalue weighted by atomic mass is 79.9. The number of carbonyl (C=O) groups excluding carboxylic acids is 2. The van der Waals surface area contributed by atoms with E-state index in [-0.39, 0.29) is 17.6 Å². The zero-order chi connectivity index (χ0) is 17.6. The molecule has 3 nitrogen and oxygen atoms in total. The number of terminal acetylenes is 1. The Hall–Kier alpha value is -1.86. The second-order valence-electron chi connectivity index (χ2n) is 5.70. The molecule has 0 aromatic heterocycles. The number of ketones is 1. The van der Waals surface area contributed by atoms with Crippen molar-refractivity contribution in [2.45, 2.75) is 33.6 Å². The van der Waals surface area contributed by atoms with Gasteiger partial charge in [0.15, 0.2) is 5.78 Å². The van der Waals surface area contributed by atoms with Gasteiger partial charge in [-0.05, 0) is 37.3 Å². The molecule has 0 radical (unpaired) electrons. The van der Waals surface area contributed by atoms with Gasteiger partial charge in [-0.25, -0.2) is 0 Å². The third-order valence-corrected chi connectivity index (χ3v) is 4.15. The molecule has 0 N–H and O–H groups in total. The molecule has 2 atom stereocenters. The Balaban J connectivity index is 3.11. The first-order valence-corrected chi connectivity index (χ1v) is 8.11. The fraction of sp³-hybridized carbons (Fsp3) is 0.368. The van der Waals surface area contributed by atoms with Crippen molar-refractivity contribution in [3.63, 3.8) is 0 Å². The van der Waals surface area contributed by atoms with Crippen LogP contribution < -0.4 is 0 Å². The zero-order valence-electron chi connectivity index (χ0n) is 13.7. The number of hydrogen-bond acceptors (Lipinski definition) is 3. The normalized spacial score (nSPS) is 22.2. The summed E-state index contributed by atoms with van der Waals surface area (Å²) in [6.07, 6.45) is 11.3. The summed E-state index contributed by atoms with van der Waals surface area (Å²) in [6.45, 7) is 9.08. The summed E-state index contributed by atoms with van der Waals surface area (Å²) in [5, 5.41) is 0. The van der Waals surface area contributed by atoms with Crippen molar-refractivity contribution in [3.8, 4) is 12.3 Å². The van der Waals surface area contributed by atoms with Gasteiger partial charge in [0.25, 0.3) is 0 Å². The molecular formula is C19H21BrO3. The van der Waals surface area contributed by atoms with Crippen molar-refractivity contribution >= 4 is 27.7 Å². The number of halogens is 1. The van der Waals surface area contributed by atoms with Crippen molar-refractivity contribution in [2.24, 2.45) is 11.8 Å². The highest BCUT2D eigenvalue weighted by molar-refractivity contribution is 9.11. The smallest absolute Gasteiger partial charge is 0.307 e. The van der Waals surface area contributed by atoms with E-state index in [0.717, 1.165) is 11.1 Å². The van der Waals surface area contributed by atoms with Gasteiger partial charge in [-0.2, -0.15) is 0 Å². The van der Waals surface area contributed by atoms with Gasteiger partial charge in [0.05, 0.1) is 0 Å². The lowest BCUT2D eigenvalue weighted by molar-refractivity contribution is -0.137. The standard InChI is InChI=1S/C19H21BrO3/c1-6-7-16(20)10-17(23-14(5)21)9-15-8-13(4)19(22)11-18(15)12(2)3/h1,7-8,10,15,18H,2,9,11H2,3-5H3/b16-7+,17-10+/t15-,18-/m0/s1. The maximum Gasteiger partial charge on any atom is 0.307 e. The average Bonchev–Trinajstić information content (AvgIpc) is 2.41. The molecule has 0 spiro atoms. The predicted molar refractivity (Wildman–Crippen MR) is 95.5 cm³/mol. The van der Waals surface area contributed by atoms with E-state index in [1.165, 1.54) is 13.0 Å². The number of esters is 1. The molecule has 23 heavy (non-hydrogen) atoms. The van der Waals surface area contributed by atoms with Crippen LogP contribution in [-0.4, -0.2) is 11.8 Å². The Morgan fingerprint density at radius 2 is 2.22 bits per heavy atom. The van der Waals surface area contributed by atoms with Gasteiger partial charge in [-0.1, -0.05) is 40.1 Å². The minimum absolute atomic E-state index is 0.0422. The summed E-state index contributed by atoms with van der Waals surface area (Å²) in [5.41, 5.74) is 1.69. The van der Waals surface area contributed by atoms with Crippen molar-refractivity contribution < 1.29 is 14.3 Å². The molecule has 4 heteroatoms. The van der Waals surface area contributed by atoms with Crippen LogP contribution in [0.25, 0.3) is 0 Å². The summed E-state index contributed by atoms with van der Waals surface area (Å²) < 4.78 is 5.95. The minimum atomic E-state index is -0.392. The molecule has 0 amide bonds. The Morgan fingerprint density at radius 1 is 1.57 bits per heavy atom. The van der Waals surface area contributed by atoms with Gasteiger partial charge in [-0.15, -0.1) is 6.42 Å². The molecule has 0 aromatic carbocycles. The quantitative estimate of drug-likeness (QED) is 0.234. The van der Waals surface area contributed by atoms with Crippen LogP contribution in [0.1, 0.15) is 33.6 Å². The van der Waals surface area contributed by atoms with Gasteiger partial charge in [-0.3, -0.25) is 9.59 Å². The summed E-state index contributed by atoms with van der Waals surface area (Å²) in [5.74, 6) is 2.76. The van der Waals surface area contributed by atoms with Crippen LogP contribution in [0.15, 0.2) is 46.2 Å². The zero-order valence-corrected chi connectivity index (χ0v) is 15.3. The van der Waals surface area contributed by atoms with Crippen LogP contribution in [0.3, 0.4) is 0 Å². The second-order valence-corrected chi connectivity index (χ2v) is 6.61. The average molecular weight is 377 g/mol. The maximum atomic E-state index is 11.9. The number of rotatable bonds is 5. The summed E-state index contributed by atoms with van der Waals surface area (Å²) in [6, 6.07) is 0. The van der Waals surface area contributed by atoms with E-state index < -0.39 is 5.97 Å². The molecule has 122 valence electrons. The van der Waals surface area contributed by atoms with Gasteiger partial charge >= 0.3 is 5.97 Å². The fourth-order valence-electron chi connectivity index (χ4n) is 2.61. The van der Waals surface area contributed by atoms with E-state index in [0.29, 0.717) is 23.1 Å². The lowest BCUT2D eigenvalue weighted by Crippen LogP contribution is -2.25. The lowest BCUT2D eigenvalue weighted by atomic mass is 9.75. The third kappa shape index (κ3) is 6.03. The van der Waals surface area contributed by atoms with Crippen LogP contribution in [0.4, 0.5) is 0 Å². The van der Waals surface area contributed by atoms with Crippen LogP contribution in [-0.2, 0) is 14.3 Å².